The van der Waals surface area contributed by atoms with E-state index in [9.17, 15) is 8.42 Å². The van der Waals surface area contributed by atoms with Crippen LogP contribution in [-0.2, 0) is 14.6 Å². The number of morpholine rings is 1. The van der Waals surface area contributed by atoms with E-state index in [2.05, 4.69) is 4.90 Å². The Bertz CT molecular complexity index is 533. The summed E-state index contributed by atoms with van der Waals surface area (Å²) in [5, 5.41) is 0.530. The van der Waals surface area contributed by atoms with Crippen molar-refractivity contribution in [1.29, 1.82) is 0 Å². The molecule has 0 radical (unpaired) electrons. The van der Waals surface area contributed by atoms with E-state index in [1.165, 1.54) is 0 Å². The molecule has 2 N–H and O–H groups in total. The zero-order valence-corrected chi connectivity index (χ0v) is 12.7. The Hall–Kier alpha value is -0.660. The van der Waals surface area contributed by atoms with Crippen molar-refractivity contribution in [3.63, 3.8) is 0 Å². The van der Waals surface area contributed by atoms with Gasteiger partial charge in [0, 0.05) is 31.2 Å². The second kappa shape index (κ2) is 6.87. The lowest BCUT2D eigenvalue weighted by Gasteiger charge is -2.32. The average Bonchev–Trinajstić information content (AvgIpc) is 2.46. The molecule has 0 aromatic heterocycles. The fourth-order valence-corrected chi connectivity index (χ4v) is 3.55. The molecule has 1 heterocycles. The van der Waals surface area contributed by atoms with Gasteiger partial charge in [-0.2, -0.15) is 0 Å². The minimum Gasteiger partial charge on any atom is -0.374 e. The molecule has 1 aliphatic heterocycles. The summed E-state index contributed by atoms with van der Waals surface area (Å²) in [5.74, 6) is 0.0892. The van der Waals surface area contributed by atoms with E-state index in [1.54, 1.807) is 24.3 Å². The first kappa shape index (κ1) is 15.7. The molecule has 0 spiro atoms. The Kier molecular flexibility index (Phi) is 5.40. The van der Waals surface area contributed by atoms with E-state index in [0.29, 0.717) is 36.2 Å². The molecule has 1 aromatic carbocycles. The maximum Gasteiger partial charge on any atom is 0.179 e. The molecule has 0 saturated carbocycles. The molecule has 5 nitrogen and oxygen atoms in total. The first-order valence-corrected chi connectivity index (χ1v) is 8.56. The van der Waals surface area contributed by atoms with Crippen LogP contribution in [0.25, 0.3) is 0 Å². The third-order valence-corrected chi connectivity index (χ3v) is 5.30. The first-order chi connectivity index (χ1) is 9.51. The molecule has 0 bridgehead atoms. The molecule has 1 fully saturated rings. The van der Waals surface area contributed by atoms with Crippen LogP contribution in [0.3, 0.4) is 0 Å². The highest BCUT2D eigenvalue weighted by atomic mass is 35.5. The van der Waals surface area contributed by atoms with Crippen molar-refractivity contribution >= 4 is 21.4 Å². The maximum absolute atomic E-state index is 12.2. The molecule has 112 valence electrons. The summed E-state index contributed by atoms with van der Waals surface area (Å²) in [6, 6.07) is 6.26. The predicted octanol–water partition coefficient (Wildman–Crippen LogP) is 0.773. The van der Waals surface area contributed by atoms with Crippen LogP contribution in [0.1, 0.15) is 0 Å². The lowest BCUT2D eigenvalue weighted by molar-refractivity contribution is -0.0209. The van der Waals surface area contributed by atoms with Crippen LogP contribution in [-0.4, -0.2) is 58.0 Å². The Morgan fingerprint density at radius 3 is 2.70 bits per heavy atom. The summed E-state index contributed by atoms with van der Waals surface area (Å²) in [6.45, 7) is 2.98. The Morgan fingerprint density at radius 2 is 2.05 bits per heavy atom. The van der Waals surface area contributed by atoms with Crippen LogP contribution in [0.15, 0.2) is 29.2 Å². The molecule has 1 unspecified atom stereocenters. The van der Waals surface area contributed by atoms with Gasteiger partial charge in [0.05, 0.1) is 23.4 Å². The Balaban J connectivity index is 1.94. The van der Waals surface area contributed by atoms with Gasteiger partial charge in [-0.15, -0.1) is 0 Å². The largest absolute Gasteiger partial charge is 0.374 e. The van der Waals surface area contributed by atoms with Crippen LogP contribution < -0.4 is 5.73 Å². The number of rotatable bonds is 5. The van der Waals surface area contributed by atoms with Crippen LogP contribution in [0.4, 0.5) is 0 Å². The molecular weight excluding hydrogens is 300 g/mol. The summed E-state index contributed by atoms with van der Waals surface area (Å²) in [7, 11) is -3.27. The second-order valence-electron chi connectivity index (χ2n) is 4.80. The van der Waals surface area contributed by atoms with Crippen molar-refractivity contribution in [3.05, 3.63) is 29.3 Å². The zero-order valence-electron chi connectivity index (χ0n) is 11.2. The third-order valence-electron chi connectivity index (χ3n) is 3.33. The maximum atomic E-state index is 12.2. The number of hydrogen-bond donors (Lipinski definition) is 1. The van der Waals surface area contributed by atoms with Gasteiger partial charge in [0.2, 0.25) is 0 Å². The Morgan fingerprint density at radius 1 is 1.35 bits per heavy atom. The van der Waals surface area contributed by atoms with Crippen molar-refractivity contribution in [3.8, 4) is 0 Å². The van der Waals surface area contributed by atoms with Gasteiger partial charge >= 0.3 is 0 Å². The summed E-state index contributed by atoms with van der Waals surface area (Å²) < 4.78 is 29.9. The lowest BCUT2D eigenvalue weighted by Crippen LogP contribution is -2.46. The van der Waals surface area contributed by atoms with E-state index in [0.717, 1.165) is 6.54 Å². The van der Waals surface area contributed by atoms with E-state index < -0.39 is 9.84 Å². The van der Waals surface area contributed by atoms with Crippen molar-refractivity contribution in [2.24, 2.45) is 5.73 Å². The lowest BCUT2D eigenvalue weighted by atomic mass is 10.3. The fourth-order valence-electron chi connectivity index (χ4n) is 2.14. The summed E-state index contributed by atoms with van der Waals surface area (Å²) >= 11 is 5.76. The van der Waals surface area contributed by atoms with Gasteiger partial charge < -0.3 is 10.5 Å². The smallest absolute Gasteiger partial charge is 0.179 e. The third kappa shape index (κ3) is 4.17. The highest BCUT2D eigenvalue weighted by molar-refractivity contribution is 7.91. The molecule has 1 aromatic rings. The SMILES string of the molecule is NCC1CN(CCS(=O)(=O)c2ccc(Cl)cc2)CCO1. The normalized spacial score (nSPS) is 21.0. The van der Waals surface area contributed by atoms with Crippen LogP contribution in [0, 0.1) is 0 Å². The summed E-state index contributed by atoms with van der Waals surface area (Å²) in [6.07, 6.45) is 0.00184. The van der Waals surface area contributed by atoms with Crippen molar-refractivity contribution in [2.75, 3.05) is 38.5 Å². The van der Waals surface area contributed by atoms with Gasteiger partial charge in [-0.3, -0.25) is 4.90 Å². The molecule has 20 heavy (non-hydrogen) atoms. The standard InChI is InChI=1S/C13H19ClN2O3S/c14-11-1-3-13(4-2-11)20(17,18)8-6-16-5-7-19-12(9-15)10-16/h1-4,12H,5-10,15H2. The number of ether oxygens (including phenoxy) is 1. The minimum absolute atomic E-state index is 0.00184. The number of benzene rings is 1. The fraction of sp³-hybridized carbons (Fsp3) is 0.538. The number of sulfone groups is 1. The van der Waals surface area contributed by atoms with Crippen LogP contribution >= 0.6 is 11.6 Å². The second-order valence-corrected chi connectivity index (χ2v) is 7.35. The van der Waals surface area contributed by atoms with Crippen molar-refractivity contribution in [2.45, 2.75) is 11.0 Å². The molecular formula is C13H19ClN2O3S. The van der Waals surface area contributed by atoms with Gasteiger partial charge in [0.1, 0.15) is 0 Å². The quantitative estimate of drug-likeness (QED) is 0.868. The molecule has 0 amide bonds. The van der Waals surface area contributed by atoms with Crippen molar-refractivity contribution in [1.82, 2.24) is 4.90 Å². The number of nitrogens with zero attached hydrogens (tertiary/aromatic N) is 1. The molecule has 1 saturated heterocycles. The van der Waals surface area contributed by atoms with Gasteiger partial charge in [-0.05, 0) is 24.3 Å². The topological polar surface area (TPSA) is 72.6 Å². The predicted molar refractivity (Wildman–Crippen MR) is 78.7 cm³/mol. The molecule has 0 aliphatic carbocycles. The van der Waals surface area contributed by atoms with E-state index in [4.69, 9.17) is 22.1 Å². The first-order valence-electron chi connectivity index (χ1n) is 6.53. The van der Waals surface area contributed by atoms with Crippen LogP contribution in [0.2, 0.25) is 5.02 Å². The van der Waals surface area contributed by atoms with Crippen molar-refractivity contribution < 1.29 is 13.2 Å². The number of nitrogens with two attached hydrogens (primary N) is 1. The number of hydrogen-bond acceptors (Lipinski definition) is 5. The van der Waals surface area contributed by atoms with Crippen LogP contribution in [0.5, 0.6) is 0 Å². The van der Waals surface area contributed by atoms with Gasteiger partial charge in [-0.25, -0.2) is 8.42 Å². The zero-order chi connectivity index (χ0) is 14.6. The minimum atomic E-state index is -3.27. The monoisotopic (exact) mass is 318 g/mol. The van der Waals surface area contributed by atoms with E-state index >= 15 is 0 Å². The average molecular weight is 319 g/mol. The summed E-state index contributed by atoms with van der Waals surface area (Å²) in [5.41, 5.74) is 5.57. The molecule has 1 aliphatic rings. The molecule has 2 rings (SSSR count). The summed E-state index contributed by atoms with van der Waals surface area (Å²) in [4.78, 5) is 2.39. The highest BCUT2D eigenvalue weighted by Gasteiger charge is 2.22. The molecule has 7 heteroatoms. The van der Waals surface area contributed by atoms with Gasteiger partial charge in [0.15, 0.2) is 9.84 Å². The van der Waals surface area contributed by atoms with Gasteiger partial charge in [-0.1, -0.05) is 11.6 Å². The molecule has 1 atom stereocenters. The number of halogens is 1. The van der Waals surface area contributed by atoms with Gasteiger partial charge in [0.25, 0.3) is 0 Å². The van der Waals surface area contributed by atoms with E-state index in [-0.39, 0.29) is 11.9 Å². The Labute approximate surface area is 124 Å². The van der Waals surface area contributed by atoms with E-state index in [1.807, 2.05) is 0 Å². The highest BCUT2D eigenvalue weighted by Crippen LogP contribution is 2.16.